The van der Waals surface area contributed by atoms with Crippen LogP contribution in [0.15, 0.2) is 18.2 Å². The number of benzene rings is 1. The molecule has 2 amide bonds. The number of halogens is 1. The second kappa shape index (κ2) is 8.00. The van der Waals surface area contributed by atoms with E-state index in [0.717, 1.165) is 37.2 Å². The second-order valence-corrected chi connectivity index (χ2v) is 5.22. The maximum Gasteiger partial charge on any atom is 0.227 e. The number of piperidine rings is 1. The van der Waals surface area contributed by atoms with Crippen LogP contribution in [0, 0.1) is 12.8 Å². The number of aryl methyl sites for hydroxylation is 1. The Morgan fingerprint density at radius 1 is 1.19 bits per heavy atom. The van der Waals surface area contributed by atoms with Gasteiger partial charge in [0, 0.05) is 24.2 Å². The minimum Gasteiger partial charge on any atom is -0.326 e. The van der Waals surface area contributed by atoms with E-state index in [4.69, 9.17) is 0 Å². The standard InChI is InChI=1S/C15H21N3O2.ClH/c1-10-3-4-13(17-11(2)19)9-14(10)18-15(20)12-5-7-16-8-6-12;/h3-4,9,12,16H,5-8H2,1-2H3,(H,17,19)(H,18,20);1H. The maximum atomic E-state index is 12.2. The Bertz CT molecular complexity index is 514. The van der Waals surface area contributed by atoms with E-state index in [-0.39, 0.29) is 30.1 Å². The molecule has 0 radical (unpaired) electrons. The zero-order valence-corrected chi connectivity index (χ0v) is 13.2. The van der Waals surface area contributed by atoms with E-state index in [9.17, 15) is 9.59 Å². The van der Waals surface area contributed by atoms with Gasteiger partial charge in [-0.15, -0.1) is 12.4 Å². The average molecular weight is 312 g/mol. The molecular weight excluding hydrogens is 290 g/mol. The van der Waals surface area contributed by atoms with Crippen molar-refractivity contribution in [3.63, 3.8) is 0 Å². The fourth-order valence-electron chi connectivity index (χ4n) is 2.36. The molecule has 1 aliphatic heterocycles. The van der Waals surface area contributed by atoms with E-state index in [1.807, 2.05) is 19.1 Å². The Labute approximate surface area is 131 Å². The number of hydrogen-bond acceptors (Lipinski definition) is 3. The molecule has 1 saturated heterocycles. The van der Waals surface area contributed by atoms with Crippen LogP contribution in [0.3, 0.4) is 0 Å². The van der Waals surface area contributed by atoms with Gasteiger partial charge in [-0.25, -0.2) is 0 Å². The molecule has 1 aromatic rings. The van der Waals surface area contributed by atoms with Crippen LogP contribution in [0.25, 0.3) is 0 Å². The third-order valence-electron chi connectivity index (χ3n) is 3.53. The first-order valence-electron chi connectivity index (χ1n) is 6.96. The minimum absolute atomic E-state index is 0. The van der Waals surface area contributed by atoms with E-state index >= 15 is 0 Å². The highest BCUT2D eigenvalue weighted by Crippen LogP contribution is 2.22. The Balaban J connectivity index is 0.00000220. The quantitative estimate of drug-likeness (QED) is 0.802. The number of nitrogens with one attached hydrogen (secondary N) is 3. The van der Waals surface area contributed by atoms with Crippen LogP contribution in [0.2, 0.25) is 0 Å². The molecule has 1 heterocycles. The van der Waals surface area contributed by atoms with E-state index in [2.05, 4.69) is 16.0 Å². The van der Waals surface area contributed by atoms with Crippen molar-refractivity contribution in [2.45, 2.75) is 26.7 Å². The summed E-state index contributed by atoms with van der Waals surface area (Å²) in [5.41, 5.74) is 2.45. The zero-order valence-electron chi connectivity index (χ0n) is 12.4. The molecular formula is C15H22ClN3O2. The number of rotatable bonds is 3. The SMILES string of the molecule is CC(=O)Nc1ccc(C)c(NC(=O)C2CCNCC2)c1.Cl. The van der Waals surface area contributed by atoms with E-state index in [1.165, 1.54) is 6.92 Å². The van der Waals surface area contributed by atoms with Crippen LogP contribution in [0.1, 0.15) is 25.3 Å². The van der Waals surface area contributed by atoms with Gasteiger partial charge in [0.15, 0.2) is 0 Å². The number of carbonyl (C=O) groups is 2. The second-order valence-electron chi connectivity index (χ2n) is 5.22. The lowest BCUT2D eigenvalue weighted by atomic mass is 9.97. The molecule has 0 aromatic heterocycles. The molecule has 116 valence electrons. The molecule has 21 heavy (non-hydrogen) atoms. The average Bonchev–Trinajstić information content (AvgIpc) is 2.43. The van der Waals surface area contributed by atoms with Gasteiger partial charge in [0.2, 0.25) is 11.8 Å². The smallest absolute Gasteiger partial charge is 0.227 e. The summed E-state index contributed by atoms with van der Waals surface area (Å²) in [5, 5.41) is 8.95. The molecule has 6 heteroatoms. The highest BCUT2D eigenvalue weighted by atomic mass is 35.5. The molecule has 3 N–H and O–H groups in total. The van der Waals surface area contributed by atoms with Crippen molar-refractivity contribution >= 4 is 35.6 Å². The summed E-state index contributed by atoms with van der Waals surface area (Å²) in [6.07, 6.45) is 1.74. The van der Waals surface area contributed by atoms with Gasteiger partial charge in [0.05, 0.1) is 0 Å². The molecule has 0 bridgehead atoms. The molecule has 1 aromatic carbocycles. The normalized spacial score (nSPS) is 15.0. The fraction of sp³-hybridized carbons (Fsp3) is 0.467. The Hall–Kier alpha value is -1.59. The summed E-state index contributed by atoms with van der Waals surface area (Å²) in [6.45, 7) is 5.19. The molecule has 2 rings (SSSR count). The van der Waals surface area contributed by atoms with Crippen molar-refractivity contribution in [3.05, 3.63) is 23.8 Å². The fourth-order valence-corrected chi connectivity index (χ4v) is 2.36. The van der Waals surface area contributed by atoms with Crippen LogP contribution < -0.4 is 16.0 Å². The first-order valence-corrected chi connectivity index (χ1v) is 6.96. The topological polar surface area (TPSA) is 70.2 Å². The van der Waals surface area contributed by atoms with Crippen molar-refractivity contribution in [3.8, 4) is 0 Å². The highest BCUT2D eigenvalue weighted by molar-refractivity contribution is 5.95. The summed E-state index contributed by atoms with van der Waals surface area (Å²) < 4.78 is 0. The van der Waals surface area contributed by atoms with Crippen molar-refractivity contribution in [2.75, 3.05) is 23.7 Å². The molecule has 1 fully saturated rings. The van der Waals surface area contributed by atoms with Gasteiger partial charge in [-0.3, -0.25) is 9.59 Å². The monoisotopic (exact) mass is 311 g/mol. The third kappa shape index (κ3) is 5.02. The number of anilines is 2. The van der Waals surface area contributed by atoms with Crippen LogP contribution in [0.4, 0.5) is 11.4 Å². The predicted molar refractivity (Wildman–Crippen MR) is 87.0 cm³/mol. The molecule has 5 nitrogen and oxygen atoms in total. The van der Waals surface area contributed by atoms with Crippen molar-refractivity contribution < 1.29 is 9.59 Å². The number of carbonyl (C=O) groups excluding carboxylic acids is 2. The molecule has 0 unspecified atom stereocenters. The van der Waals surface area contributed by atoms with Gasteiger partial charge in [0.1, 0.15) is 0 Å². The van der Waals surface area contributed by atoms with Crippen molar-refractivity contribution in [1.29, 1.82) is 0 Å². The number of amides is 2. The molecule has 0 spiro atoms. The summed E-state index contributed by atoms with van der Waals surface area (Å²) in [7, 11) is 0. The van der Waals surface area contributed by atoms with Crippen LogP contribution in [-0.2, 0) is 9.59 Å². The Morgan fingerprint density at radius 2 is 1.86 bits per heavy atom. The first-order chi connectivity index (χ1) is 9.56. The largest absolute Gasteiger partial charge is 0.326 e. The Morgan fingerprint density at radius 3 is 2.48 bits per heavy atom. The summed E-state index contributed by atoms with van der Waals surface area (Å²) >= 11 is 0. The Kier molecular flexibility index (Phi) is 6.65. The third-order valence-corrected chi connectivity index (χ3v) is 3.53. The van der Waals surface area contributed by atoms with Gasteiger partial charge in [-0.05, 0) is 50.6 Å². The van der Waals surface area contributed by atoms with E-state index < -0.39 is 0 Å². The summed E-state index contributed by atoms with van der Waals surface area (Å²) in [6, 6.07) is 5.52. The molecule has 0 atom stereocenters. The van der Waals surface area contributed by atoms with Crippen molar-refractivity contribution in [2.24, 2.45) is 5.92 Å². The molecule has 1 aliphatic rings. The van der Waals surface area contributed by atoms with E-state index in [0.29, 0.717) is 5.69 Å². The molecule has 0 aliphatic carbocycles. The van der Waals surface area contributed by atoms with E-state index in [1.54, 1.807) is 6.07 Å². The summed E-state index contributed by atoms with van der Waals surface area (Å²) in [4.78, 5) is 23.3. The van der Waals surface area contributed by atoms with Gasteiger partial charge < -0.3 is 16.0 Å². The van der Waals surface area contributed by atoms with Crippen LogP contribution in [0.5, 0.6) is 0 Å². The lowest BCUT2D eigenvalue weighted by Crippen LogP contribution is -2.34. The van der Waals surface area contributed by atoms with Gasteiger partial charge in [0.25, 0.3) is 0 Å². The first kappa shape index (κ1) is 17.5. The van der Waals surface area contributed by atoms with Gasteiger partial charge >= 0.3 is 0 Å². The van der Waals surface area contributed by atoms with Crippen molar-refractivity contribution in [1.82, 2.24) is 5.32 Å². The lowest BCUT2D eigenvalue weighted by Gasteiger charge is -2.22. The summed E-state index contributed by atoms with van der Waals surface area (Å²) in [5.74, 6) is 0.0131. The maximum absolute atomic E-state index is 12.2. The number of hydrogen-bond donors (Lipinski definition) is 3. The minimum atomic E-state index is -0.121. The highest BCUT2D eigenvalue weighted by Gasteiger charge is 2.21. The molecule has 0 saturated carbocycles. The van der Waals surface area contributed by atoms with Gasteiger partial charge in [-0.1, -0.05) is 6.07 Å². The predicted octanol–water partition coefficient (Wildman–Crippen LogP) is 2.31. The zero-order chi connectivity index (χ0) is 14.5. The van der Waals surface area contributed by atoms with Crippen LogP contribution in [-0.4, -0.2) is 24.9 Å². The lowest BCUT2D eigenvalue weighted by molar-refractivity contribution is -0.120. The van der Waals surface area contributed by atoms with Gasteiger partial charge in [-0.2, -0.15) is 0 Å². The van der Waals surface area contributed by atoms with Crippen LogP contribution >= 0.6 is 12.4 Å².